The number of rotatable bonds is 2. The molecule has 2 N–H and O–H groups in total. The number of nitrogens with two attached hydrogens (primary N) is 1. The van der Waals surface area contributed by atoms with Crippen LogP contribution in [0.4, 0.5) is 16.0 Å². The highest BCUT2D eigenvalue weighted by atomic mass is 19.1. The highest BCUT2D eigenvalue weighted by Gasteiger charge is 2.18. The second kappa shape index (κ2) is 4.85. The van der Waals surface area contributed by atoms with Crippen molar-refractivity contribution >= 4 is 11.6 Å². The number of hydrogen-bond donors (Lipinski definition) is 1. The maximum Gasteiger partial charge on any atom is 0.266 e. The van der Waals surface area contributed by atoms with Gasteiger partial charge in [0.25, 0.3) is 11.8 Å². The Balaban J connectivity index is 1.87. The number of halogens is 1. The summed E-state index contributed by atoms with van der Waals surface area (Å²) in [6.07, 6.45) is 0. The summed E-state index contributed by atoms with van der Waals surface area (Å²) in [7, 11) is 0. The molecular weight excluding hydrogens is 251 g/mol. The largest absolute Gasteiger partial charge is 0.398 e. The van der Waals surface area contributed by atoms with Crippen LogP contribution in [0.2, 0.25) is 0 Å². The quantitative estimate of drug-likeness (QED) is 0.824. The molecule has 0 unspecified atom stereocenters. The van der Waals surface area contributed by atoms with E-state index in [1.165, 1.54) is 18.2 Å². The number of hydrogen-bond acceptors (Lipinski definition) is 6. The Morgan fingerprint density at radius 2 is 2.05 bits per heavy atom. The summed E-state index contributed by atoms with van der Waals surface area (Å²) in [5, 5.41) is 3.91. The highest BCUT2D eigenvalue weighted by Crippen LogP contribution is 2.26. The van der Waals surface area contributed by atoms with Crippen molar-refractivity contribution in [2.24, 2.45) is 0 Å². The van der Waals surface area contributed by atoms with Crippen LogP contribution in [0.5, 0.6) is 0 Å². The standard InChI is InChI=1S/C12H13FN4O2/c13-8-1-2-9(10(14)7-8)11-15-12(16-19-11)17-3-5-18-6-4-17/h1-2,7H,3-6,14H2. The smallest absolute Gasteiger partial charge is 0.266 e. The fourth-order valence-corrected chi connectivity index (χ4v) is 1.95. The third-order valence-electron chi connectivity index (χ3n) is 2.95. The van der Waals surface area contributed by atoms with Crippen molar-refractivity contribution in [3.63, 3.8) is 0 Å². The summed E-state index contributed by atoms with van der Waals surface area (Å²) in [6, 6.07) is 4.07. The number of benzene rings is 1. The van der Waals surface area contributed by atoms with Gasteiger partial charge >= 0.3 is 0 Å². The molecule has 0 bridgehead atoms. The molecule has 1 aromatic heterocycles. The van der Waals surface area contributed by atoms with E-state index in [9.17, 15) is 4.39 Å². The Kier molecular flexibility index (Phi) is 3.04. The molecule has 0 spiro atoms. The van der Waals surface area contributed by atoms with Crippen LogP contribution in [0.15, 0.2) is 22.7 Å². The minimum absolute atomic E-state index is 0.275. The molecule has 1 aliphatic heterocycles. The van der Waals surface area contributed by atoms with E-state index in [1.54, 1.807) is 0 Å². The first-order valence-corrected chi connectivity index (χ1v) is 5.96. The second-order valence-electron chi connectivity index (χ2n) is 4.23. The van der Waals surface area contributed by atoms with E-state index in [0.717, 1.165) is 13.1 Å². The van der Waals surface area contributed by atoms with E-state index < -0.39 is 5.82 Å². The van der Waals surface area contributed by atoms with Gasteiger partial charge in [-0.3, -0.25) is 0 Å². The predicted octanol–water partition coefficient (Wildman–Crippen LogP) is 1.29. The van der Waals surface area contributed by atoms with Gasteiger partial charge in [0.2, 0.25) is 0 Å². The molecule has 19 heavy (non-hydrogen) atoms. The van der Waals surface area contributed by atoms with E-state index in [4.69, 9.17) is 15.0 Å². The molecule has 0 atom stereocenters. The fraction of sp³-hybridized carbons (Fsp3) is 0.333. The summed E-state index contributed by atoms with van der Waals surface area (Å²) in [4.78, 5) is 6.25. The molecule has 1 aliphatic rings. The van der Waals surface area contributed by atoms with Crippen LogP contribution in [0.1, 0.15) is 0 Å². The van der Waals surface area contributed by atoms with Crippen molar-refractivity contribution in [1.82, 2.24) is 10.1 Å². The lowest BCUT2D eigenvalue weighted by atomic mass is 10.2. The molecule has 1 aromatic carbocycles. The van der Waals surface area contributed by atoms with Crippen LogP contribution in [-0.4, -0.2) is 36.4 Å². The summed E-state index contributed by atoms with van der Waals surface area (Å²) in [6.45, 7) is 2.72. The Bertz CT molecular complexity index is 581. The molecule has 1 fully saturated rings. The van der Waals surface area contributed by atoms with Gasteiger partial charge in [-0.1, -0.05) is 0 Å². The van der Waals surface area contributed by atoms with Gasteiger partial charge in [0.15, 0.2) is 0 Å². The van der Waals surface area contributed by atoms with Crippen LogP contribution >= 0.6 is 0 Å². The summed E-state index contributed by atoms with van der Waals surface area (Å²) in [5.41, 5.74) is 6.55. The van der Waals surface area contributed by atoms with Gasteiger partial charge in [-0.25, -0.2) is 4.39 Å². The summed E-state index contributed by atoms with van der Waals surface area (Å²) >= 11 is 0. The Morgan fingerprint density at radius 1 is 1.26 bits per heavy atom. The average molecular weight is 264 g/mol. The summed E-state index contributed by atoms with van der Waals surface area (Å²) in [5.74, 6) is 0.398. The van der Waals surface area contributed by atoms with Crippen molar-refractivity contribution in [1.29, 1.82) is 0 Å². The lowest BCUT2D eigenvalue weighted by Crippen LogP contribution is -2.36. The van der Waals surface area contributed by atoms with E-state index >= 15 is 0 Å². The highest BCUT2D eigenvalue weighted by molar-refractivity contribution is 5.70. The Labute approximate surface area is 109 Å². The zero-order chi connectivity index (χ0) is 13.2. The van der Waals surface area contributed by atoms with E-state index in [0.29, 0.717) is 30.6 Å². The van der Waals surface area contributed by atoms with Crippen molar-refractivity contribution in [3.05, 3.63) is 24.0 Å². The van der Waals surface area contributed by atoms with E-state index in [2.05, 4.69) is 10.1 Å². The molecular formula is C12H13FN4O2. The van der Waals surface area contributed by atoms with Gasteiger partial charge in [-0.05, 0) is 23.4 Å². The summed E-state index contributed by atoms with van der Waals surface area (Å²) < 4.78 is 23.4. The minimum Gasteiger partial charge on any atom is -0.398 e. The molecule has 3 rings (SSSR count). The van der Waals surface area contributed by atoms with Crippen molar-refractivity contribution in [2.45, 2.75) is 0 Å². The monoisotopic (exact) mass is 264 g/mol. The van der Waals surface area contributed by atoms with Gasteiger partial charge in [-0.2, -0.15) is 4.98 Å². The van der Waals surface area contributed by atoms with Gasteiger partial charge in [0.05, 0.1) is 18.8 Å². The molecule has 7 heteroatoms. The van der Waals surface area contributed by atoms with Gasteiger partial charge in [0, 0.05) is 18.8 Å². The van der Waals surface area contributed by atoms with Gasteiger partial charge < -0.3 is 19.9 Å². The first-order valence-electron chi connectivity index (χ1n) is 5.96. The molecule has 1 saturated heterocycles. The Morgan fingerprint density at radius 3 is 2.79 bits per heavy atom. The van der Waals surface area contributed by atoms with Crippen molar-refractivity contribution in [3.8, 4) is 11.5 Å². The molecule has 2 aromatic rings. The van der Waals surface area contributed by atoms with Crippen LogP contribution in [0.25, 0.3) is 11.5 Å². The van der Waals surface area contributed by atoms with Crippen LogP contribution < -0.4 is 10.6 Å². The molecule has 0 amide bonds. The SMILES string of the molecule is Nc1cc(F)ccc1-c1nc(N2CCOCC2)no1. The number of aromatic nitrogens is 2. The minimum atomic E-state index is -0.394. The zero-order valence-corrected chi connectivity index (χ0v) is 10.2. The number of morpholine rings is 1. The fourth-order valence-electron chi connectivity index (χ4n) is 1.95. The Hall–Kier alpha value is -2.15. The van der Waals surface area contributed by atoms with Crippen molar-refractivity contribution in [2.75, 3.05) is 36.9 Å². The molecule has 100 valence electrons. The first kappa shape index (κ1) is 11.9. The first-order chi connectivity index (χ1) is 9.24. The van der Waals surface area contributed by atoms with E-state index in [-0.39, 0.29) is 5.69 Å². The molecule has 2 heterocycles. The molecule has 0 aliphatic carbocycles. The van der Waals surface area contributed by atoms with Gasteiger partial charge in [0.1, 0.15) is 5.82 Å². The van der Waals surface area contributed by atoms with Crippen molar-refractivity contribution < 1.29 is 13.7 Å². The maximum absolute atomic E-state index is 13.0. The lowest BCUT2D eigenvalue weighted by molar-refractivity contribution is 0.121. The molecule has 6 nitrogen and oxygen atoms in total. The van der Waals surface area contributed by atoms with E-state index in [1.807, 2.05) is 4.90 Å². The lowest BCUT2D eigenvalue weighted by Gasteiger charge is -2.24. The molecule has 0 saturated carbocycles. The maximum atomic E-state index is 13.0. The number of nitrogen functional groups attached to an aromatic ring is 1. The predicted molar refractivity (Wildman–Crippen MR) is 67.1 cm³/mol. The number of anilines is 2. The zero-order valence-electron chi connectivity index (χ0n) is 10.2. The third kappa shape index (κ3) is 2.37. The van der Waals surface area contributed by atoms with Crippen LogP contribution in [-0.2, 0) is 4.74 Å². The number of ether oxygens (including phenoxy) is 1. The normalized spacial score (nSPS) is 15.7. The second-order valence-corrected chi connectivity index (χ2v) is 4.23. The number of nitrogens with zero attached hydrogens (tertiary/aromatic N) is 3. The third-order valence-corrected chi connectivity index (χ3v) is 2.95. The van der Waals surface area contributed by atoms with Crippen LogP contribution in [0.3, 0.4) is 0 Å². The van der Waals surface area contributed by atoms with Crippen LogP contribution in [0, 0.1) is 5.82 Å². The molecule has 0 radical (unpaired) electrons. The topological polar surface area (TPSA) is 77.4 Å². The van der Waals surface area contributed by atoms with Gasteiger partial charge in [-0.15, -0.1) is 0 Å². The average Bonchev–Trinajstić information content (AvgIpc) is 2.89.